The summed E-state index contributed by atoms with van der Waals surface area (Å²) in [7, 11) is 1.66. The van der Waals surface area contributed by atoms with E-state index in [1.807, 2.05) is 42.2 Å². The average molecular weight is 394 g/mol. The molecule has 4 rings (SSSR count). The lowest BCUT2D eigenvalue weighted by Crippen LogP contribution is -2.32. The normalized spacial score (nSPS) is 13.9. The standard InChI is InChI=1S/C21H26N6O2/c1-3-22-21(28)20-18-14-26(12-16-10-23-24-11-16)8-7-19(18)27(25-20)13-15-5-4-6-17(9-15)29-2/h4-6,9-11H,3,7-8,12-14H2,1-2H3,(H,22,28)(H,23,24). The molecule has 3 aromatic rings. The number of hydrogen-bond acceptors (Lipinski definition) is 5. The van der Waals surface area contributed by atoms with Gasteiger partial charge >= 0.3 is 0 Å². The van der Waals surface area contributed by atoms with Crippen LogP contribution in [0.15, 0.2) is 36.7 Å². The maximum Gasteiger partial charge on any atom is 0.272 e. The Morgan fingerprint density at radius 3 is 2.97 bits per heavy atom. The third kappa shape index (κ3) is 4.17. The van der Waals surface area contributed by atoms with Crippen LogP contribution in [0.3, 0.4) is 0 Å². The van der Waals surface area contributed by atoms with E-state index in [2.05, 4.69) is 26.5 Å². The molecule has 2 aromatic heterocycles. The fraction of sp³-hybridized carbons (Fsp3) is 0.381. The number of nitrogens with zero attached hydrogens (tertiary/aromatic N) is 4. The second-order valence-corrected chi connectivity index (χ2v) is 7.21. The molecule has 0 unspecified atom stereocenters. The van der Waals surface area contributed by atoms with Crippen LogP contribution in [-0.2, 0) is 26.1 Å². The van der Waals surface area contributed by atoms with Gasteiger partial charge in [0.1, 0.15) is 5.75 Å². The Kier molecular flexibility index (Phi) is 5.62. The Balaban J connectivity index is 1.62. The first-order valence-electron chi connectivity index (χ1n) is 9.87. The molecule has 8 heteroatoms. The Morgan fingerprint density at radius 2 is 2.21 bits per heavy atom. The maximum absolute atomic E-state index is 12.7. The van der Waals surface area contributed by atoms with Crippen molar-refractivity contribution >= 4 is 5.91 Å². The van der Waals surface area contributed by atoms with Gasteiger partial charge in [-0.15, -0.1) is 0 Å². The van der Waals surface area contributed by atoms with Crippen molar-refractivity contribution < 1.29 is 9.53 Å². The maximum atomic E-state index is 12.7. The van der Waals surface area contributed by atoms with E-state index in [0.29, 0.717) is 25.3 Å². The van der Waals surface area contributed by atoms with Crippen molar-refractivity contribution in [1.82, 2.24) is 30.2 Å². The Morgan fingerprint density at radius 1 is 1.31 bits per heavy atom. The molecule has 2 N–H and O–H groups in total. The summed E-state index contributed by atoms with van der Waals surface area (Å²) >= 11 is 0. The van der Waals surface area contributed by atoms with Crippen molar-refractivity contribution in [2.75, 3.05) is 20.2 Å². The minimum atomic E-state index is -0.113. The monoisotopic (exact) mass is 394 g/mol. The smallest absolute Gasteiger partial charge is 0.272 e. The second kappa shape index (κ2) is 8.48. The third-order valence-corrected chi connectivity index (χ3v) is 5.19. The van der Waals surface area contributed by atoms with Gasteiger partial charge in [-0.25, -0.2) is 0 Å². The Labute approximate surface area is 169 Å². The number of carbonyl (C=O) groups excluding carboxylic acids is 1. The van der Waals surface area contributed by atoms with E-state index in [1.54, 1.807) is 7.11 Å². The summed E-state index contributed by atoms with van der Waals surface area (Å²) in [5.41, 5.74) is 4.92. The van der Waals surface area contributed by atoms with E-state index in [9.17, 15) is 4.79 Å². The van der Waals surface area contributed by atoms with Crippen molar-refractivity contribution in [3.8, 4) is 5.75 Å². The number of amides is 1. The first kappa shape index (κ1) is 19.2. The molecule has 0 saturated heterocycles. The van der Waals surface area contributed by atoms with Gasteiger partial charge in [0.05, 0.1) is 19.9 Å². The van der Waals surface area contributed by atoms with Crippen molar-refractivity contribution in [2.45, 2.75) is 33.0 Å². The summed E-state index contributed by atoms with van der Waals surface area (Å²) in [6.45, 7) is 5.52. The molecule has 1 aliphatic heterocycles. The molecule has 0 aliphatic carbocycles. The summed E-state index contributed by atoms with van der Waals surface area (Å²) < 4.78 is 7.31. The number of aromatic nitrogens is 4. The van der Waals surface area contributed by atoms with Crippen LogP contribution < -0.4 is 10.1 Å². The van der Waals surface area contributed by atoms with Crippen LogP contribution in [0.25, 0.3) is 0 Å². The second-order valence-electron chi connectivity index (χ2n) is 7.21. The highest BCUT2D eigenvalue weighted by molar-refractivity contribution is 5.94. The third-order valence-electron chi connectivity index (χ3n) is 5.19. The van der Waals surface area contributed by atoms with Gasteiger partial charge in [0.2, 0.25) is 0 Å². The van der Waals surface area contributed by atoms with Crippen LogP contribution in [0.4, 0.5) is 0 Å². The molecule has 0 atom stereocenters. The molecule has 3 heterocycles. The number of rotatable bonds is 7. The molecule has 29 heavy (non-hydrogen) atoms. The van der Waals surface area contributed by atoms with Crippen LogP contribution in [-0.4, -0.2) is 51.0 Å². The van der Waals surface area contributed by atoms with Crippen molar-refractivity contribution in [1.29, 1.82) is 0 Å². The van der Waals surface area contributed by atoms with E-state index in [1.165, 1.54) is 0 Å². The molecular formula is C21H26N6O2. The van der Waals surface area contributed by atoms with Gasteiger partial charge in [0.15, 0.2) is 5.69 Å². The van der Waals surface area contributed by atoms with E-state index in [-0.39, 0.29) is 5.91 Å². The number of fused-ring (bicyclic) bond motifs is 1. The molecule has 0 radical (unpaired) electrons. The number of hydrogen-bond donors (Lipinski definition) is 2. The number of aromatic amines is 1. The molecule has 1 amide bonds. The van der Waals surface area contributed by atoms with Crippen molar-refractivity contribution in [3.05, 3.63) is 64.7 Å². The SMILES string of the molecule is CCNC(=O)c1nn(Cc2cccc(OC)c2)c2c1CN(Cc1cn[nH]c1)CC2. The molecule has 0 saturated carbocycles. The zero-order chi connectivity index (χ0) is 20.2. The lowest BCUT2D eigenvalue weighted by atomic mass is 10.0. The van der Waals surface area contributed by atoms with Gasteiger partial charge in [-0.2, -0.15) is 10.2 Å². The number of benzene rings is 1. The van der Waals surface area contributed by atoms with Gasteiger partial charge in [0.25, 0.3) is 5.91 Å². The predicted octanol–water partition coefficient (Wildman–Crippen LogP) is 1.97. The quantitative estimate of drug-likeness (QED) is 0.640. The van der Waals surface area contributed by atoms with Gasteiger partial charge < -0.3 is 10.1 Å². The minimum absolute atomic E-state index is 0.113. The molecule has 0 fully saturated rings. The van der Waals surface area contributed by atoms with E-state index < -0.39 is 0 Å². The first-order chi connectivity index (χ1) is 14.2. The van der Waals surface area contributed by atoms with Gasteiger partial charge in [-0.1, -0.05) is 12.1 Å². The lowest BCUT2D eigenvalue weighted by molar-refractivity contribution is 0.0947. The van der Waals surface area contributed by atoms with Crippen LogP contribution in [0, 0.1) is 0 Å². The highest BCUT2D eigenvalue weighted by Gasteiger charge is 2.28. The zero-order valence-corrected chi connectivity index (χ0v) is 16.8. The van der Waals surface area contributed by atoms with Crippen LogP contribution in [0.5, 0.6) is 5.75 Å². The highest BCUT2D eigenvalue weighted by atomic mass is 16.5. The van der Waals surface area contributed by atoms with Gasteiger partial charge in [-0.05, 0) is 24.6 Å². The largest absolute Gasteiger partial charge is 0.497 e. The average Bonchev–Trinajstić information content (AvgIpc) is 3.36. The zero-order valence-electron chi connectivity index (χ0n) is 16.8. The van der Waals surface area contributed by atoms with Crippen LogP contribution in [0.2, 0.25) is 0 Å². The number of methoxy groups -OCH3 is 1. The van der Waals surface area contributed by atoms with Crippen LogP contribution >= 0.6 is 0 Å². The fourth-order valence-electron chi connectivity index (χ4n) is 3.81. The van der Waals surface area contributed by atoms with E-state index >= 15 is 0 Å². The molecule has 152 valence electrons. The molecular weight excluding hydrogens is 368 g/mol. The summed E-state index contributed by atoms with van der Waals surface area (Å²) in [5, 5.41) is 14.5. The van der Waals surface area contributed by atoms with Crippen molar-refractivity contribution in [3.63, 3.8) is 0 Å². The predicted molar refractivity (Wildman–Crippen MR) is 109 cm³/mol. The summed E-state index contributed by atoms with van der Waals surface area (Å²) in [5.74, 6) is 0.706. The van der Waals surface area contributed by atoms with Crippen LogP contribution in [0.1, 0.15) is 39.8 Å². The Bertz CT molecular complexity index is 979. The fourth-order valence-corrected chi connectivity index (χ4v) is 3.81. The Hall–Kier alpha value is -3.13. The molecule has 0 spiro atoms. The molecule has 1 aromatic carbocycles. The topological polar surface area (TPSA) is 88.1 Å². The first-order valence-corrected chi connectivity index (χ1v) is 9.87. The number of ether oxygens (including phenoxy) is 1. The van der Waals surface area contributed by atoms with Crippen molar-refractivity contribution in [2.24, 2.45) is 0 Å². The summed E-state index contributed by atoms with van der Waals surface area (Å²) in [6.07, 6.45) is 4.60. The van der Waals surface area contributed by atoms with E-state index in [4.69, 9.17) is 9.84 Å². The number of H-pyrrole nitrogens is 1. The molecule has 8 nitrogen and oxygen atoms in total. The van der Waals surface area contributed by atoms with E-state index in [0.717, 1.165) is 47.6 Å². The lowest BCUT2D eigenvalue weighted by Gasteiger charge is -2.27. The minimum Gasteiger partial charge on any atom is -0.497 e. The summed E-state index contributed by atoms with van der Waals surface area (Å²) in [6, 6.07) is 7.96. The summed E-state index contributed by atoms with van der Waals surface area (Å²) in [4.78, 5) is 15.0. The highest BCUT2D eigenvalue weighted by Crippen LogP contribution is 2.25. The number of nitrogens with one attached hydrogen (secondary N) is 2. The number of carbonyl (C=O) groups is 1. The molecule has 1 aliphatic rings. The molecule has 0 bridgehead atoms. The van der Waals surface area contributed by atoms with Gasteiger partial charge in [0, 0.05) is 55.6 Å². The van der Waals surface area contributed by atoms with Gasteiger partial charge in [-0.3, -0.25) is 19.5 Å².